The maximum Gasteiger partial charge on any atom is 0.270 e. The largest absolute Gasteiger partial charge is 0.390 e. The van der Waals surface area contributed by atoms with Crippen LogP contribution in [-0.4, -0.2) is 33.1 Å². The molecule has 0 aliphatic heterocycles. The van der Waals surface area contributed by atoms with Crippen LogP contribution in [0, 0.1) is 10.1 Å². The molecule has 20 heavy (non-hydrogen) atoms. The van der Waals surface area contributed by atoms with Gasteiger partial charge >= 0.3 is 0 Å². The number of primary amides is 2. The van der Waals surface area contributed by atoms with Gasteiger partial charge in [0.05, 0.1) is 17.4 Å². The highest BCUT2D eigenvalue weighted by molar-refractivity contribution is 5.93. The average Bonchev–Trinajstić information content (AvgIpc) is 2.36. The fourth-order valence-corrected chi connectivity index (χ4v) is 1.59. The number of rotatable bonds is 6. The second-order valence-electron chi connectivity index (χ2n) is 4.12. The number of carbonyl (C=O) groups excluding carboxylic acids is 2. The summed E-state index contributed by atoms with van der Waals surface area (Å²) in [5.74, 6) is -1.77. The molecule has 0 bridgehead atoms. The summed E-state index contributed by atoms with van der Waals surface area (Å²) in [6, 6.07) is 3.02. The summed E-state index contributed by atoms with van der Waals surface area (Å²) >= 11 is 0. The predicted molar refractivity (Wildman–Crippen MR) is 66.4 cm³/mol. The van der Waals surface area contributed by atoms with Gasteiger partial charge in [-0.3, -0.25) is 19.7 Å². The molecule has 9 heteroatoms. The SMILES string of the molecule is NC(=O)CC(O)C(O)c1cc(C(N)=O)cc([N+](=O)[O-])c1. The van der Waals surface area contributed by atoms with Gasteiger partial charge < -0.3 is 21.7 Å². The minimum absolute atomic E-state index is 0.109. The van der Waals surface area contributed by atoms with E-state index in [1.165, 1.54) is 0 Å². The van der Waals surface area contributed by atoms with Crippen LogP contribution in [0.5, 0.6) is 0 Å². The van der Waals surface area contributed by atoms with E-state index in [1.807, 2.05) is 0 Å². The van der Waals surface area contributed by atoms with Crippen molar-refractivity contribution in [3.05, 3.63) is 39.4 Å². The Hall–Kier alpha value is -2.52. The van der Waals surface area contributed by atoms with Gasteiger partial charge in [0.25, 0.3) is 5.69 Å². The average molecular weight is 283 g/mol. The fraction of sp³-hybridized carbons (Fsp3) is 0.273. The lowest BCUT2D eigenvalue weighted by Crippen LogP contribution is -2.26. The lowest BCUT2D eigenvalue weighted by molar-refractivity contribution is -0.385. The van der Waals surface area contributed by atoms with Crippen LogP contribution >= 0.6 is 0 Å². The van der Waals surface area contributed by atoms with Gasteiger partial charge in [-0.1, -0.05) is 0 Å². The summed E-state index contributed by atoms with van der Waals surface area (Å²) < 4.78 is 0. The van der Waals surface area contributed by atoms with E-state index in [0.29, 0.717) is 0 Å². The topological polar surface area (TPSA) is 170 Å². The zero-order chi connectivity index (χ0) is 15.4. The molecule has 1 aromatic carbocycles. The van der Waals surface area contributed by atoms with E-state index < -0.39 is 41.1 Å². The lowest BCUT2D eigenvalue weighted by atomic mass is 9.99. The Labute approximate surface area is 113 Å². The van der Waals surface area contributed by atoms with Gasteiger partial charge in [-0.25, -0.2) is 0 Å². The van der Waals surface area contributed by atoms with Gasteiger partial charge in [0, 0.05) is 17.7 Å². The highest BCUT2D eigenvalue weighted by atomic mass is 16.6. The van der Waals surface area contributed by atoms with E-state index in [0.717, 1.165) is 18.2 Å². The Kier molecular flexibility index (Phi) is 4.73. The molecule has 0 saturated heterocycles. The van der Waals surface area contributed by atoms with Crippen LogP contribution in [0.3, 0.4) is 0 Å². The monoisotopic (exact) mass is 283 g/mol. The summed E-state index contributed by atoms with van der Waals surface area (Å²) in [7, 11) is 0. The van der Waals surface area contributed by atoms with E-state index in [4.69, 9.17) is 11.5 Å². The van der Waals surface area contributed by atoms with Gasteiger partial charge in [-0.05, 0) is 11.6 Å². The second-order valence-corrected chi connectivity index (χ2v) is 4.12. The third-order valence-electron chi connectivity index (χ3n) is 2.55. The molecule has 0 aliphatic rings. The smallest absolute Gasteiger partial charge is 0.270 e. The molecular formula is C11H13N3O6. The summed E-state index contributed by atoms with van der Waals surface area (Å²) in [6.07, 6.45) is -3.69. The van der Waals surface area contributed by atoms with Crippen molar-refractivity contribution in [2.45, 2.75) is 18.6 Å². The zero-order valence-corrected chi connectivity index (χ0v) is 10.2. The van der Waals surface area contributed by atoms with Crippen molar-refractivity contribution in [1.29, 1.82) is 0 Å². The van der Waals surface area contributed by atoms with E-state index in [-0.39, 0.29) is 11.1 Å². The summed E-state index contributed by atoms with van der Waals surface area (Å²) in [6.45, 7) is 0. The number of non-ortho nitro benzene ring substituents is 1. The standard InChI is InChI=1S/C11H13N3O6/c12-9(16)4-8(15)10(17)5-1-6(11(13)18)3-7(2-5)14(19)20/h1-3,8,10,15,17H,4H2,(H2,12,16)(H2,13,18). The van der Waals surface area contributed by atoms with Gasteiger partial charge in [0.2, 0.25) is 11.8 Å². The van der Waals surface area contributed by atoms with Crippen LogP contribution < -0.4 is 11.5 Å². The summed E-state index contributed by atoms with van der Waals surface area (Å²) in [5, 5.41) is 30.1. The van der Waals surface area contributed by atoms with Gasteiger partial charge in [-0.2, -0.15) is 0 Å². The molecular weight excluding hydrogens is 270 g/mol. The minimum atomic E-state index is -1.61. The lowest BCUT2D eigenvalue weighted by Gasteiger charge is -2.17. The molecule has 0 heterocycles. The van der Waals surface area contributed by atoms with Gasteiger partial charge in [0.15, 0.2) is 0 Å². The third-order valence-corrected chi connectivity index (χ3v) is 2.55. The first kappa shape index (κ1) is 15.5. The molecule has 0 radical (unpaired) electrons. The zero-order valence-electron chi connectivity index (χ0n) is 10.2. The van der Waals surface area contributed by atoms with Crippen LogP contribution in [0.25, 0.3) is 0 Å². The summed E-state index contributed by atoms with van der Waals surface area (Å²) in [4.78, 5) is 31.7. The number of nitro groups is 1. The van der Waals surface area contributed by atoms with Crippen LogP contribution in [-0.2, 0) is 4.79 Å². The predicted octanol–water partition coefficient (Wildman–Crippen LogP) is -1.04. The number of aliphatic hydroxyl groups is 2. The van der Waals surface area contributed by atoms with Crippen molar-refractivity contribution in [3.8, 4) is 0 Å². The third kappa shape index (κ3) is 3.73. The number of nitro benzene ring substituents is 1. The molecule has 0 fully saturated rings. The number of carbonyl (C=O) groups is 2. The second kappa shape index (κ2) is 6.08. The number of aliphatic hydroxyl groups excluding tert-OH is 2. The number of hydrogen-bond acceptors (Lipinski definition) is 6. The maximum absolute atomic E-state index is 11.1. The van der Waals surface area contributed by atoms with E-state index >= 15 is 0 Å². The normalized spacial score (nSPS) is 13.5. The van der Waals surface area contributed by atoms with Crippen LogP contribution in [0.4, 0.5) is 5.69 Å². The van der Waals surface area contributed by atoms with Gasteiger partial charge in [-0.15, -0.1) is 0 Å². The molecule has 0 spiro atoms. The number of nitrogens with two attached hydrogens (primary N) is 2. The molecule has 2 amide bonds. The van der Waals surface area contributed by atoms with E-state index in [1.54, 1.807) is 0 Å². The first-order valence-electron chi connectivity index (χ1n) is 5.46. The molecule has 108 valence electrons. The Bertz CT molecular complexity index is 527. The first-order chi connectivity index (χ1) is 9.22. The molecule has 9 nitrogen and oxygen atoms in total. The maximum atomic E-state index is 11.1. The molecule has 2 atom stereocenters. The van der Waals surface area contributed by atoms with Crippen molar-refractivity contribution in [2.24, 2.45) is 11.5 Å². The molecule has 2 unspecified atom stereocenters. The number of amides is 2. The quantitative estimate of drug-likeness (QED) is 0.384. The minimum Gasteiger partial charge on any atom is -0.390 e. The highest BCUT2D eigenvalue weighted by Gasteiger charge is 2.23. The Morgan fingerprint density at radius 2 is 1.85 bits per heavy atom. The molecule has 1 aromatic rings. The fourth-order valence-electron chi connectivity index (χ4n) is 1.59. The van der Waals surface area contributed by atoms with Crippen LogP contribution in [0.2, 0.25) is 0 Å². The Morgan fingerprint density at radius 1 is 1.25 bits per heavy atom. The Balaban J connectivity index is 3.19. The molecule has 0 aromatic heterocycles. The van der Waals surface area contributed by atoms with Gasteiger partial charge in [0.1, 0.15) is 6.10 Å². The first-order valence-corrected chi connectivity index (χ1v) is 5.46. The van der Waals surface area contributed by atoms with Crippen molar-refractivity contribution in [2.75, 3.05) is 0 Å². The van der Waals surface area contributed by atoms with Crippen LogP contribution in [0.15, 0.2) is 18.2 Å². The Morgan fingerprint density at radius 3 is 2.30 bits per heavy atom. The number of hydrogen-bond donors (Lipinski definition) is 4. The van der Waals surface area contributed by atoms with Crippen molar-refractivity contribution in [1.82, 2.24) is 0 Å². The van der Waals surface area contributed by atoms with Crippen molar-refractivity contribution >= 4 is 17.5 Å². The van der Waals surface area contributed by atoms with Crippen molar-refractivity contribution in [3.63, 3.8) is 0 Å². The molecule has 6 N–H and O–H groups in total. The molecule has 0 saturated carbocycles. The number of benzene rings is 1. The molecule has 1 rings (SSSR count). The highest BCUT2D eigenvalue weighted by Crippen LogP contribution is 2.25. The van der Waals surface area contributed by atoms with Crippen molar-refractivity contribution < 1.29 is 24.7 Å². The van der Waals surface area contributed by atoms with Crippen LogP contribution in [0.1, 0.15) is 28.4 Å². The molecule has 0 aliphatic carbocycles. The summed E-state index contributed by atoms with van der Waals surface area (Å²) in [5.41, 5.74) is 9.13. The number of nitrogens with zero attached hydrogens (tertiary/aromatic N) is 1. The van der Waals surface area contributed by atoms with E-state index in [9.17, 15) is 29.9 Å². The van der Waals surface area contributed by atoms with E-state index in [2.05, 4.69) is 0 Å².